The topological polar surface area (TPSA) is 340 Å². The van der Waals surface area contributed by atoms with E-state index in [1.54, 1.807) is 10.8 Å². The lowest BCUT2D eigenvalue weighted by Crippen LogP contribution is -2.50. The lowest BCUT2D eigenvalue weighted by Gasteiger charge is -2.34. The number of halogens is 3. The van der Waals surface area contributed by atoms with Gasteiger partial charge in [0.1, 0.15) is 72.2 Å². The van der Waals surface area contributed by atoms with E-state index in [4.69, 9.17) is 96.4 Å². The van der Waals surface area contributed by atoms with Crippen molar-refractivity contribution in [2.24, 2.45) is 0 Å². The van der Waals surface area contributed by atoms with Crippen LogP contribution in [0.3, 0.4) is 0 Å². The van der Waals surface area contributed by atoms with Gasteiger partial charge in [-0.1, -0.05) is 20.8 Å². The van der Waals surface area contributed by atoms with Crippen molar-refractivity contribution in [1.29, 1.82) is 0 Å². The summed E-state index contributed by atoms with van der Waals surface area (Å²) in [6, 6.07) is 5.49. The minimum absolute atomic E-state index is 0.00128. The van der Waals surface area contributed by atoms with Gasteiger partial charge in [-0.2, -0.15) is 4.98 Å². The number of H-pyrrole nitrogens is 3. The van der Waals surface area contributed by atoms with Crippen molar-refractivity contribution in [2.45, 2.75) is 262 Å². The van der Waals surface area contributed by atoms with Gasteiger partial charge in [0.15, 0.2) is 48.1 Å². The Kier molecular flexibility index (Phi) is 18.2. The Labute approximate surface area is 558 Å². The second-order valence-corrected chi connectivity index (χ2v) is 28.0. The average molecular weight is 1390 g/mol. The Morgan fingerprint density at radius 1 is 0.432 bits per heavy atom. The molecule has 4 saturated carbocycles. The summed E-state index contributed by atoms with van der Waals surface area (Å²) in [4.78, 5) is 92.8. The van der Waals surface area contributed by atoms with Crippen molar-refractivity contribution >= 4 is 34.8 Å². The molecule has 8 saturated heterocycles. The molecular weight excluding hydrogens is 1310 g/mol. The van der Waals surface area contributed by atoms with Crippen LogP contribution in [0, 0.1) is 0 Å². The predicted octanol–water partition coefficient (Wildman–Crippen LogP) is 4.47. The highest BCUT2D eigenvalue weighted by Crippen LogP contribution is 2.58. The number of nitrogens with zero attached hydrogens (tertiary/aromatic N) is 5. The Bertz CT molecular complexity index is 3600. The van der Waals surface area contributed by atoms with Crippen LogP contribution in [0.15, 0.2) is 82.6 Å². The monoisotopic (exact) mass is 1390 g/mol. The zero-order valence-corrected chi connectivity index (χ0v) is 55.3. The minimum Gasteiger partial charge on any atom is -0.461 e. The summed E-state index contributed by atoms with van der Waals surface area (Å²) >= 11 is 18.6. The molecule has 13 aliphatic rings. The molecule has 4 aromatic heterocycles. The van der Waals surface area contributed by atoms with Crippen LogP contribution in [0.4, 0.5) is 0 Å². The third kappa shape index (κ3) is 11.5. The number of fused-ring (bicyclic) bond motifs is 10. The third-order valence-corrected chi connectivity index (χ3v) is 23.0. The van der Waals surface area contributed by atoms with Crippen LogP contribution in [-0.4, -0.2) is 169 Å². The molecule has 17 rings (SSSR count). The number of aromatic nitrogens is 8. The molecule has 0 aromatic carbocycles. The SMILES string of the molecule is CCC1(CC)O[C@@H](n2ccc(=O)[nH]c2=O)[C@@H]2OC3(CCCC3)O[C@@H]21.CC[C@@]1(CCl)O[C@@H](n2ccc(=O)[nH]c2=O)[C@@H]2OC3(CCCC3)O[C@@H]21.O=c1ccn([C@@H]2O[C@@](CO)(CCl)[C@H]3OC4(CCCC4)O[C@@H]23)c(=O)[nH]1.O=c1ccn2c(n1)OC[C@@]1(CCl)O[C@@H]2[C@@H]2OC3(CCCC3)O[C@@H]21. The summed E-state index contributed by atoms with van der Waals surface area (Å²) < 4.78 is 86.5. The van der Waals surface area contributed by atoms with Crippen molar-refractivity contribution in [3.63, 3.8) is 0 Å². The van der Waals surface area contributed by atoms with Gasteiger partial charge in [0.25, 0.3) is 22.2 Å². The maximum Gasteiger partial charge on any atom is 0.330 e. The van der Waals surface area contributed by atoms with Crippen LogP contribution in [0.5, 0.6) is 6.01 Å². The molecule has 95 heavy (non-hydrogen) atoms. The van der Waals surface area contributed by atoms with E-state index in [0.717, 1.165) is 116 Å². The molecule has 4 aromatic rings. The highest BCUT2D eigenvalue weighted by atomic mass is 35.5. The molecule has 520 valence electrons. The number of aliphatic hydroxyl groups excluding tert-OH is 1. The van der Waals surface area contributed by atoms with Gasteiger partial charge in [-0.15, -0.1) is 34.8 Å². The summed E-state index contributed by atoms with van der Waals surface area (Å²) in [5.74, 6) is -1.87. The molecule has 15 atom stereocenters. The number of ether oxygens (including phenoxy) is 13. The van der Waals surface area contributed by atoms with Crippen molar-refractivity contribution in [1.82, 2.24) is 38.2 Å². The fourth-order valence-corrected chi connectivity index (χ4v) is 17.6. The molecular formula is C63H81Cl3N8O21. The summed E-state index contributed by atoms with van der Waals surface area (Å²) in [6.07, 6.45) is 17.8. The van der Waals surface area contributed by atoms with Gasteiger partial charge in [0.2, 0.25) is 0 Å². The van der Waals surface area contributed by atoms with Crippen LogP contribution >= 0.6 is 34.8 Å². The molecule has 32 heteroatoms. The van der Waals surface area contributed by atoms with Gasteiger partial charge in [-0.05, 0) is 70.6 Å². The van der Waals surface area contributed by atoms with E-state index < -0.39 is 123 Å². The van der Waals surface area contributed by atoms with Crippen LogP contribution in [0.1, 0.15) is 168 Å². The standard InChI is InChI=1S/C17H24N2O5.C16H21ClN2O5.C15H19ClN2O6.C15H17ClN2O5/c1-3-16(4-2)13-12(22-17(23-13)8-5-6-9-17)14(24-16)19-10-7-11(20)18-15(19)21;1-2-15(9-17)12-11(22-16(23-12)6-3-4-7-16)13(24-15)19-8-5-10(20)18-14(19)21;16-7-14(8-19)11-10(22-15(23-11)4-1-2-5-15)12(24-14)18-6-3-9(20)17-13(18)21;16-7-14-8-20-13-17-9(19)3-6-18(13)12(23-14)10-11(14)22-15(21-10)4-1-2-5-15/h7,10,12-14H,3-6,8-9H2,1-2H3,(H,18,20,21);5,8,11-13H,2-4,6-7,9H2,1H3,(H,18,20,21);3,6,10-12,19H,1-2,4-5,7-8H2,(H,17,20,21);3,6,10-12H,1-2,4-5,7-8H2/t12-,13+,14-;11-,12+,13-,15+;2*10-,11+,12-,14-/m1111/s1. The number of nitrogens with one attached hydrogen (secondary N) is 3. The largest absolute Gasteiger partial charge is 0.461 e. The summed E-state index contributed by atoms with van der Waals surface area (Å²) in [7, 11) is 0. The summed E-state index contributed by atoms with van der Waals surface area (Å²) in [5, 5.41) is 9.88. The Balaban J connectivity index is 0.000000109. The first-order chi connectivity index (χ1) is 45.7. The molecule has 4 aliphatic carbocycles. The molecule has 13 heterocycles. The Morgan fingerprint density at radius 2 is 0.768 bits per heavy atom. The van der Waals surface area contributed by atoms with Crippen LogP contribution in [0.2, 0.25) is 0 Å². The first-order valence-electron chi connectivity index (χ1n) is 33.3. The van der Waals surface area contributed by atoms with Gasteiger partial charge in [0, 0.05) is 100 Å². The van der Waals surface area contributed by atoms with Gasteiger partial charge in [-0.3, -0.25) is 52.4 Å². The maximum atomic E-state index is 12.2. The molecule has 4 spiro atoms. The number of hydrogen-bond acceptors (Lipinski definition) is 22. The van der Waals surface area contributed by atoms with E-state index in [9.17, 15) is 38.7 Å². The molecule has 2 bridgehead atoms. The second-order valence-electron chi connectivity index (χ2n) is 27.2. The van der Waals surface area contributed by atoms with Crippen LogP contribution in [-0.2, 0) is 56.8 Å². The predicted molar refractivity (Wildman–Crippen MR) is 333 cm³/mol. The van der Waals surface area contributed by atoms with Crippen molar-refractivity contribution < 1.29 is 66.7 Å². The summed E-state index contributed by atoms with van der Waals surface area (Å²) in [5.41, 5.74) is -6.44. The van der Waals surface area contributed by atoms with Gasteiger partial charge < -0.3 is 66.7 Å². The number of rotatable bonds is 10. The first-order valence-corrected chi connectivity index (χ1v) is 34.9. The molecule has 9 aliphatic heterocycles. The van der Waals surface area contributed by atoms with Gasteiger partial charge in [-0.25, -0.2) is 14.4 Å². The molecule has 12 fully saturated rings. The van der Waals surface area contributed by atoms with E-state index in [1.807, 2.05) is 6.92 Å². The first kappa shape index (κ1) is 67.3. The lowest BCUT2D eigenvalue weighted by molar-refractivity contribution is -0.235. The molecule has 29 nitrogen and oxygen atoms in total. The smallest absolute Gasteiger partial charge is 0.330 e. The molecule has 0 amide bonds. The number of hydrogen-bond donors (Lipinski definition) is 4. The highest BCUT2D eigenvalue weighted by Gasteiger charge is 2.70. The lowest BCUT2D eigenvalue weighted by atomic mass is 9.90. The van der Waals surface area contributed by atoms with Crippen molar-refractivity contribution in [3.8, 4) is 6.01 Å². The number of aliphatic hydroxyl groups is 1. The normalized spacial score (nSPS) is 36.8. The van der Waals surface area contributed by atoms with E-state index in [-0.39, 0.29) is 72.9 Å². The van der Waals surface area contributed by atoms with E-state index in [1.165, 1.54) is 56.6 Å². The van der Waals surface area contributed by atoms with E-state index in [0.29, 0.717) is 6.42 Å². The molecule has 4 N–H and O–H groups in total. The zero-order valence-electron chi connectivity index (χ0n) is 53.0. The summed E-state index contributed by atoms with van der Waals surface area (Å²) in [6.45, 7) is 5.96. The zero-order chi connectivity index (χ0) is 66.5. The average Bonchev–Trinajstić information content (AvgIpc) is 1.58. The second kappa shape index (κ2) is 25.7. The quantitative estimate of drug-likeness (QED) is 0.159. The third-order valence-electron chi connectivity index (χ3n) is 21.7. The van der Waals surface area contributed by atoms with Crippen LogP contribution < -0.4 is 44.0 Å². The highest BCUT2D eigenvalue weighted by molar-refractivity contribution is 6.19. The minimum atomic E-state index is -1.15. The van der Waals surface area contributed by atoms with E-state index >= 15 is 0 Å². The van der Waals surface area contributed by atoms with Crippen molar-refractivity contribution in [2.75, 3.05) is 30.9 Å². The molecule has 0 unspecified atom stereocenters. The number of aromatic amines is 3. The van der Waals surface area contributed by atoms with Crippen LogP contribution in [0.25, 0.3) is 0 Å². The van der Waals surface area contributed by atoms with E-state index in [2.05, 4.69) is 33.8 Å². The molecule has 0 radical (unpaired) electrons. The van der Waals surface area contributed by atoms with Crippen molar-refractivity contribution in [3.05, 3.63) is 122 Å². The number of alkyl halides is 3. The fourth-order valence-electron chi connectivity index (χ4n) is 16.6. The Morgan fingerprint density at radius 3 is 1.14 bits per heavy atom. The Hall–Kier alpha value is -4.93. The van der Waals surface area contributed by atoms with Gasteiger partial charge in [0.05, 0.1) is 29.8 Å². The fraction of sp³-hybridized carbons (Fsp3) is 0.746. The van der Waals surface area contributed by atoms with Gasteiger partial charge >= 0.3 is 23.1 Å². The maximum absolute atomic E-state index is 12.2.